The number of aliphatic carboxylic acids is 1. The van der Waals surface area contributed by atoms with Crippen LogP contribution in [0.5, 0.6) is 0 Å². The van der Waals surface area contributed by atoms with Crippen molar-refractivity contribution in [3.05, 3.63) is 0 Å². The van der Waals surface area contributed by atoms with Crippen molar-refractivity contribution in [2.24, 2.45) is 40.1 Å². The highest BCUT2D eigenvalue weighted by Crippen LogP contribution is 2.16. The summed E-state index contributed by atoms with van der Waals surface area (Å²) in [6.07, 6.45) is 19.1. The number of nitrogens with one attached hydrogen (secondary N) is 13. The molecule has 0 aromatic carbocycles. The lowest BCUT2D eigenvalue weighted by atomic mass is 10.0. The predicted octanol–water partition coefficient (Wildman–Crippen LogP) is 1.44. The normalized spacial score (nSPS) is 14.9. The number of unbranched alkanes of at least 4 members (excludes halogenated alkanes) is 18. The van der Waals surface area contributed by atoms with Gasteiger partial charge in [0.15, 0.2) is 0 Å². The molecule has 0 fully saturated rings. The van der Waals surface area contributed by atoms with Gasteiger partial charge in [0.05, 0.1) is 6.04 Å². The Bertz CT molecular complexity index is 2830. The number of carbonyl (C=O) groups excluding carboxylic acids is 13. The van der Waals surface area contributed by atoms with E-state index in [0.29, 0.717) is 142 Å². The molecule has 0 unspecified atom stereocenters. The maximum Gasteiger partial charge on any atom is 0.326 e. The standard InChI is InChI=1S/C80H154N20O15/c1-9-13-17-21-38-58(95-71(105)57(87)37-25-31-47-81)72(106)88-53(5)67(101)92-62(42-26-32-48-82)76(110)96-59(39-22-18-14-10-2)73(107)89-55(7)69(103)94-64(44-28-34-50-84)78(112)99-65(45-29-35-51-85)79(113)98-61(41-24-20-16-12-4)74(108)90-54(6)68(102)93-63(43-27-33-49-83)77(111)97-60(40-23-19-15-11-3)75(109)91-56(8)70(104)100-66(80(114)115)46-30-36-52-86/h53-66H,9-52,81-87H2,1-8H3,(H,88,106)(H,89,107)(H,90,108)(H,91,109)(H,92,101)(H,93,102)(H,94,103)(H,95,105)(H,96,110)(H,97,111)(H,98,113)(H,99,112)(H,100,104)(H,114,115)/t53-,54-,55-,56-,57-,58-,59-,60-,61-,62-,63-,64-,65-,66-/m1/s1. The Labute approximate surface area is 684 Å². The molecule has 0 bridgehead atoms. The first-order chi connectivity index (χ1) is 55.0. The van der Waals surface area contributed by atoms with Gasteiger partial charge in [-0.25, -0.2) is 4.79 Å². The molecule has 35 heteroatoms. The van der Waals surface area contributed by atoms with Gasteiger partial charge in [0, 0.05) is 0 Å². The van der Waals surface area contributed by atoms with Gasteiger partial charge < -0.3 is 114 Å². The Kier molecular flexibility index (Phi) is 61.9. The number of carboxylic acids is 1. The molecule has 115 heavy (non-hydrogen) atoms. The Hall–Kier alpha value is -7.70. The molecule has 28 N–H and O–H groups in total. The predicted molar refractivity (Wildman–Crippen MR) is 446 cm³/mol. The molecule has 664 valence electrons. The molecule has 0 saturated carbocycles. The van der Waals surface area contributed by atoms with Crippen LogP contribution < -0.4 is 109 Å². The van der Waals surface area contributed by atoms with E-state index in [1.807, 2.05) is 27.7 Å². The second kappa shape index (κ2) is 66.3. The molecule has 0 aromatic rings. The Morgan fingerprint density at radius 2 is 0.365 bits per heavy atom. The maximum absolute atomic E-state index is 14.7. The summed E-state index contributed by atoms with van der Waals surface area (Å²) < 4.78 is 0. The first-order valence-corrected chi connectivity index (χ1v) is 43.1. The fourth-order valence-corrected chi connectivity index (χ4v) is 12.7. The lowest BCUT2D eigenvalue weighted by Crippen LogP contribution is -2.60. The second-order valence-corrected chi connectivity index (χ2v) is 30.5. The highest BCUT2D eigenvalue weighted by molar-refractivity contribution is 6.00. The largest absolute Gasteiger partial charge is 0.480 e. The van der Waals surface area contributed by atoms with Gasteiger partial charge in [0.25, 0.3) is 0 Å². The summed E-state index contributed by atoms with van der Waals surface area (Å²) in [7, 11) is 0. The van der Waals surface area contributed by atoms with E-state index in [4.69, 9.17) is 40.1 Å². The van der Waals surface area contributed by atoms with Gasteiger partial charge in [-0.15, -0.1) is 0 Å². The summed E-state index contributed by atoms with van der Waals surface area (Å²) in [5, 5.41) is 45.0. The Balaban J connectivity index is 6.95. The highest BCUT2D eigenvalue weighted by atomic mass is 16.4. The van der Waals surface area contributed by atoms with Crippen LogP contribution in [-0.2, 0) is 67.1 Å². The van der Waals surface area contributed by atoms with Crippen LogP contribution >= 0.6 is 0 Å². The van der Waals surface area contributed by atoms with Gasteiger partial charge in [-0.05, 0) is 202 Å². The highest BCUT2D eigenvalue weighted by Gasteiger charge is 2.36. The smallest absolute Gasteiger partial charge is 0.326 e. The third-order valence-corrected chi connectivity index (χ3v) is 20.1. The molecule has 0 aromatic heterocycles. The van der Waals surface area contributed by atoms with Crippen molar-refractivity contribution in [1.82, 2.24) is 69.1 Å². The lowest BCUT2D eigenvalue weighted by molar-refractivity contribution is -0.142. The quantitative estimate of drug-likeness (QED) is 0.0383. The van der Waals surface area contributed by atoms with Gasteiger partial charge in [0.1, 0.15) is 78.5 Å². The summed E-state index contributed by atoms with van der Waals surface area (Å²) in [4.78, 5) is 195. The number of hydrogen-bond acceptors (Lipinski definition) is 21. The molecule has 0 aliphatic carbocycles. The van der Waals surface area contributed by atoms with E-state index in [-0.39, 0.29) is 77.5 Å². The Morgan fingerprint density at radius 1 is 0.209 bits per heavy atom. The van der Waals surface area contributed by atoms with Gasteiger partial charge in [-0.2, -0.15) is 0 Å². The van der Waals surface area contributed by atoms with Crippen LogP contribution in [0.4, 0.5) is 0 Å². The molecule has 14 atom stereocenters. The van der Waals surface area contributed by atoms with Crippen molar-refractivity contribution in [3.8, 4) is 0 Å². The van der Waals surface area contributed by atoms with Gasteiger partial charge in [-0.3, -0.25) is 62.3 Å². The molecular formula is C80H154N20O15. The van der Waals surface area contributed by atoms with E-state index in [2.05, 4.69) is 69.1 Å². The summed E-state index contributed by atoms with van der Waals surface area (Å²) in [5.74, 6) is -10.5. The average molecular weight is 1640 g/mol. The van der Waals surface area contributed by atoms with Crippen LogP contribution in [0.1, 0.15) is 299 Å². The molecule has 0 spiro atoms. The topological polar surface area (TPSA) is 598 Å². The monoisotopic (exact) mass is 1640 g/mol. The van der Waals surface area contributed by atoms with Crippen molar-refractivity contribution in [2.45, 2.75) is 384 Å². The number of hydrogen-bond donors (Lipinski definition) is 21. The van der Waals surface area contributed by atoms with Crippen LogP contribution in [0.3, 0.4) is 0 Å². The second-order valence-electron chi connectivity index (χ2n) is 30.5. The van der Waals surface area contributed by atoms with Gasteiger partial charge in [0.2, 0.25) is 76.8 Å². The molecule has 0 saturated heterocycles. The minimum Gasteiger partial charge on any atom is -0.480 e. The summed E-state index contributed by atoms with van der Waals surface area (Å²) in [5.41, 5.74) is 40.8. The van der Waals surface area contributed by atoms with Crippen molar-refractivity contribution in [1.29, 1.82) is 0 Å². The van der Waals surface area contributed by atoms with Gasteiger partial charge in [-0.1, -0.05) is 137 Å². The molecule has 35 nitrogen and oxygen atoms in total. The lowest BCUT2D eigenvalue weighted by Gasteiger charge is -2.28. The molecule has 0 aliphatic heterocycles. The number of nitrogens with two attached hydrogens (primary N) is 7. The first-order valence-electron chi connectivity index (χ1n) is 43.1. The average Bonchev–Trinajstić information content (AvgIpc) is 0.867. The molecule has 13 amide bonds. The van der Waals surface area contributed by atoms with E-state index in [1.54, 1.807) is 0 Å². The van der Waals surface area contributed by atoms with E-state index in [9.17, 15) is 72.2 Å². The van der Waals surface area contributed by atoms with Crippen LogP contribution in [0.15, 0.2) is 0 Å². The number of carboxylic acid groups (broad SMARTS) is 1. The SMILES string of the molecule is CCCCCC[C@@H](NC(=O)[C@H](N)CCCCN)C(=O)N[C@H](C)C(=O)N[C@H](CCCCN)C(=O)N[C@H](CCCCCC)C(=O)N[C@H](C)C(=O)N[C@H](CCCCN)C(=O)N[C@H](CCCCN)C(=O)N[C@H](CCCCCC)C(=O)N[C@H](C)C(=O)N[C@H](CCCCN)C(=O)N[C@H](CCCCCC)C(=O)N[C@H](C)C(=O)N[C@H](CCCCN)C(=O)O. The molecular weight excluding hydrogens is 1480 g/mol. The van der Waals surface area contributed by atoms with E-state index < -0.39 is 167 Å². The van der Waals surface area contributed by atoms with E-state index in [0.717, 1.165) is 64.2 Å². The zero-order valence-electron chi connectivity index (χ0n) is 70.9. The fourth-order valence-electron chi connectivity index (χ4n) is 12.7. The summed E-state index contributed by atoms with van der Waals surface area (Å²) >= 11 is 0. The van der Waals surface area contributed by atoms with Crippen LogP contribution in [0.25, 0.3) is 0 Å². The van der Waals surface area contributed by atoms with E-state index in [1.165, 1.54) is 27.7 Å². The number of carbonyl (C=O) groups is 14. The van der Waals surface area contributed by atoms with Crippen molar-refractivity contribution in [3.63, 3.8) is 0 Å². The van der Waals surface area contributed by atoms with Crippen LogP contribution in [0.2, 0.25) is 0 Å². The summed E-state index contributed by atoms with van der Waals surface area (Å²) in [6.45, 7) is 15.5. The molecule has 0 heterocycles. The molecule has 0 rings (SSSR count). The van der Waals surface area contributed by atoms with Crippen LogP contribution in [-0.4, -0.2) is 212 Å². The van der Waals surface area contributed by atoms with Crippen molar-refractivity contribution >= 4 is 82.8 Å². The number of amides is 13. The summed E-state index contributed by atoms with van der Waals surface area (Å²) in [6, 6.07) is -16.7. The maximum atomic E-state index is 14.7. The van der Waals surface area contributed by atoms with Gasteiger partial charge >= 0.3 is 5.97 Å². The minimum atomic E-state index is -1.31. The zero-order chi connectivity index (χ0) is 86.5. The van der Waals surface area contributed by atoms with E-state index >= 15 is 0 Å². The van der Waals surface area contributed by atoms with Crippen molar-refractivity contribution < 1.29 is 72.2 Å². The third-order valence-electron chi connectivity index (χ3n) is 20.1. The number of rotatable bonds is 71. The minimum absolute atomic E-state index is 0.0457. The zero-order valence-corrected chi connectivity index (χ0v) is 70.9. The molecule has 0 aliphatic rings. The van der Waals surface area contributed by atoms with Crippen LogP contribution in [0, 0.1) is 0 Å². The van der Waals surface area contributed by atoms with Crippen molar-refractivity contribution in [2.75, 3.05) is 39.3 Å². The Morgan fingerprint density at radius 3 is 0.557 bits per heavy atom. The fraction of sp³-hybridized carbons (Fsp3) is 0.825. The third kappa shape index (κ3) is 48.6. The molecule has 0 radical (unpaired) electrons. The first kappa shape index (κ1) is 107.